The summed E-state index contributed by atoms with van der Waals surface area (Å²) in [7, 11) is 0. The van der Waals surface area contributed by atoms with E-state index in [1.54, 1.807) is 6.07 Å². The number of nitrogens with two attached hydrogens (primary N) is 1. The number of primary amides is 1. The quantitative estimate of drug-likeness (QED) is 0.364. The van der Waals surface area contributed by atoms with Gasteiger partial charge in [-0.1, -0.05) is 54.6 Å². The Bertz CT molecular complexity index is 1320. The summed E-state index contributed by atoms with van der Waals surface area (Å²) in [6.07, 6.45) is 4.29. The monoisotopic (exact) mass is 410 g/mol. The first-order chi connectivity index (χ1) is 15.1. The second kappa shape index (κ2) is 7.43. The smallest absolute Gasteiger partial charge is 0.289 e. The molecule has 154 valence electrons. The first-order valence-corrected chi connectivity index (χ1v) is 10.4. The number of hydrogen-bond acceptors (Lipinski definition) is 3. The van der Waals surface area contributed by atoms with Gasteiger partial charge in [-0.05, 0) is 53.1 Å². The maximum Gasteiger partial charge on any atom is 0.289 e. The molecule has 0 aliphatic heterocycles. The summed E-state index contributed by atoms with van der Waals surface area (Å²) in [5, 5.41) is 10.6. The number of rotatable bonds is 6. The number of aromatic hydroxyl groups is 1. The lowest BCUT2D eigenvalue weighted by molar-refractivity contribution is -0.114. The fourth-order valence-corrected chi connectivity index (χ4v) is 4.47. The molecular weight excluding hydrogens is 388 g/mol. The normalized spacial score (nSPS) is 13.4. The number of Topliss-reactive ketones (excluding diaryl/α,β-unsaturated/α-hetero) is 1. The number of fused-ring (bicyclic) bond motifs is 1. The molecule has 2 aromatic carbocycles. The van der Waals surface area contributed by atoms with Crippen molar-refractivity contribution in [1.29, 1.82) is 0 Å². The molecule has 0 bridgehead atoms. The third-order valence-corrected chi connectivity index (χ3v) is 5.98. The number of aromatic nitrogens is 1. The summed E-state index contributed by atoms with van der Waals surface area (Å²) in [6.45, 7) is 0. The maximum atomic E-state index is 12.8. The number of pyridine rings is 1. The van der Waals surface area contributed by atoms with E-state index >= 15 is 0 Å². The van der Waals surface area contributed by atoms with Crippen molar-refractivity contribution in [2.75, 3.05) is 0 Å². The van der Waals surface area contributed by atoms with Crippen LogP contribution in [0.5, 0.6) is 5.75 Å². The zero-order valence-electron chi connectivity index (χ0n) is 16.9. The van der Waals surface area contributed by atoms with E-state index in [2.05, 4.69) is 24.3 Å². The molecule has 3 N–H and O–H groups in total. The largest absolute Gasteiger partial charge is 0.506 e. The van der Waals surface area contributed by atoms with Crippen molar-refractivity contribution >= 4 is 17.2 Å². The zero-order valence-corrected chi connectivity index (χ0v) is 16.9. The van der Waals surface area contributed by atoms with E-state index in [-0.39, 0.29) is 17.2 Å². The average Bonchev–Trinajstić information content (AvgIpc) is 3.57. The molecule has 1 fully saturated rings. The highest BCUT2D eigenvalue weighted by Gasteiger charge is 2.36. The van der Waals surface area contributed by atoms with Gasteiger partial charge in [0.1, 0.15) is 5.75 Å². The van der Waals surface area contributed by atoms with Gasteiger partial charge in [0.05, 0.1) is 11.1 Å². The highest BCUT2D eigenvalue weighted by Crippen LogP contribution is 2.47. The fraction of sp³-hybridized carbons (Fsp3) is 0.154. The van der Waals surface area contributed by atoms with Crippen LogP contribution >= 0.6 is 0 Å². The Labute approximate surface area is 179 Å². The summed E-state index contributed by atoms with van der Waals surface area (Å²) in [5.74, 6) is -1.59. The zero-order chi connectivity index (χ0) is 21.5. The van der Waals surface area contributed by atoms with E-state index in [4.69, 9.17) is 5.73 Å². The first kappa shape index (κ1) is 19.1. The van der Waals surface area contributed by atoms with Crippen molar-refractivity contribution in [2.45, 2.75) is 25.2 Å². The van der Waals surface area contributed by atoms with E-state index in [1.165, 1.54) is 6.07 Å². The lowest BCUT2D eigenvalue weighted by Crippen LogP contribution is -2.24. The Hall–Kier alpha value is -3.86. The van der Waals surface area contributed by atoms with Crippen LogP contribution in [0.25, 0.3) is 16.6 Å². The number of nitrogens with zero attached hydrogens (tertiary/aromatic N) is 1. The number of amides is 1. The lowest BCUT2D eigenvalue weighted by atomic mass is 9.93. The summed E-state index contributed by atoms with van der Waals surface area (Å²) < 4.78 is 1.85. The molecule has 1 aliphatic rings. The number of hydrogen-bond donors (Lipinski definition) is 2. The van der Waals surface area contributed by atoms with Gasteiger partial charge in [0.15, 0.2) is 0 Å². The number of carbonyl (C=O) groups excluding carboxylic acids is 2. The van der Waals surface area contributed by atoms with Gasteiger partial charge in [-0.3, -0.25) is 9.59 Å². The van der Waals surface area contributed by atoms with Gasteiger partial charge in [-0.25, -0.2) is 0 Å². The molecular formula is C26H22N2O3. The van der Waals surface area contributed by atoms with Crippen molar-refractivity contribution in [3.05, 3.63) is 95.3 Å². The van der Waals surface area contributed by atoms with Gasteiger partial charge in [-0.15, -0.1) is 0 Å². The molecule has 1 aliphatic carbocycles. The van der Waals surface area contributed by atoms with E-state index in [9.17, 15) is 14.7 Å². The van der Waals surface area contributed by atoms with Gasteiger partial charge in [0.25, 0.3) is 11.7 Å². The van der Waals surface area contributed by atoms with Crippen LogP contribution in [0.3, 0.4) is 0 Å². The molecule has 0 atom stereocenters. The summed E-state index contributed by atoms with van der Waals surface area (Å²) in [4.78, 5) is 24.7. The molecule has 0 radical (unpaired) electrons. The predicted molar refractivity (Wildman–Crippen MR) is 119 cm³/mol. The third kappa shape index (κ3) is 3.28. The minimum Gasteiger partial charge on any atom is -0.506 e. The molecule has 5 heteroatoms. The van der Waals surface area contributed by atoms with Crippen LogP contribution in [0.4, 0.5) is 0 Å². The van der Waals surface area contributed by atoms with Crippen LogP contribution in [0, 0.1) is 0 Å². The van der Waals surface area contributed by atoms with Gasteiger partial charge in [0.2, 0.25) is 0 Å². The topological polar surface area (TPSA) is 84.8 Å². The number of benzene rings is 2. The second-order valence-corrected chi connectivity index (χ2v) is 8.02. The van der Waals surface area contributed by atoms with Crippen LogP contribution in [0.2, 0.25) is 0 Å². The Kier molecular flexibility index (Phi) is 4.59. The van der Waals surface area contributed by atoms with Crippen molar-refractivity contribution in [2.24, 2.45) is 5.73 Å². The molecule has 31 heavy (non-hydrogen) atoms. The lowest BCUT2D eigenvalue weighted by Gasteiger charge is -2.12. The standard InChI is InChI=1S/C26H22N2O3/c27-26(31)25(30)23-22(17-12-13-17)20(28-14-6-11-21(29)24(23)28)15-18-9-4-5-10-19(18)16-7-2-1-3-8-16/h1-11,14,17,29H,12-13,15H2,(H2,27,31). The minimum atomic E-state index is -1.01. The van der Waals surface area contributed by atoms with E-state index in [1.807, 2.05) is 40.9 Å². The second-order valence-electron chi connectivity index (χ2n) is 8.02. The van der Waals surface area contributed by atoms with E-state index in [0.29, 0.717) is 11.9 Å². The molecule has 0 saturated heterocycles. The molecule has 1 saturated carbocycles. The van der Waals surface area contributed by atoms with Crippen molar-refractivity contribution in [3.8, 4) is 16.9 Å². The molecule has 2 heterocycles. The van der Waals surface area contributed by atoms with Crippen molar-refractivity contribution in [3.63, 3.8) is 0 Å². The minimum absolute atomic E-state index is 0.0309. The van der Waals surface area contributed by atoms with E-state index < -0.39 is 11.7 Å². The Morgan fingerprint density at radius 3 is 2.39 bits per heavy atom. The number of ketones is 1. The Morgan fingerprint density at radius 1 is 0.968 bits per heavy atom. The Balaban J connectivity index is 1.74. The third-order valence-electron chi connectivity index (χ3n) is 5.98. The highest BCUT2D eigenvalue weighted by molar-refractivity contribution is 6.44. The number of carbonyl (C=O) groups is 2. The van der Waals surface area contributed by atoms with Gasteiger partial charge in [-0.2, -0.15) is 0 Å². The van der Waals surface area contributed by atoms with Crippen molar-refractivity contribution < 1.29 is 14.7 Å². The fourth-order valence-electron chi connectivity index (χ4n) is 4.47. The van der Waals surface area contributed by atoms with Gasteiger partial charge < -0.3 is 15.2 Å². The maximum absolute atomic E-state index is 12.8. The first-order valence-electron chi connectivity index (χ1n) is 10.4. The molecule has 4 aromatic rings. The molecule has 5 nitrogen and oxygen atoms in total. The molecule has 1 amide bonds. The van der Waals surface area contributed by atoms with Crippen LogP contribution in [0.15, 0.2) is 72.9 Å². The van der Waals surface area contributed by atoms with E-state index in [0.717, 1.165) is 40.8 Å². The molecule has 2 aromatic heterocycles. The average molecular weight is 410 g/mol. The summed E-state index contributed by atoms with van der Waals surface area (Å²) in [5.41, 5.74) is 11.1. The van der Waals surface area contributed by atoms with Crippen LogP contribution in [-0.4, -0.2) is 21.2 Å². The van der Waals surface area contributed by atoms with Gasteiger partial charge >= 0.3 is 0 Å². The Morgan fingerprint density at radius 2 is 1.68 bits per heavy atom. The molecule has 0 spiro atoms. The molecule has 0 unspecified atom stereocenters. The summed E-state index contributed by atoms with van der Waals surface area (Å²) >= 11 is 0. The van der Waals surface area contributed by atoms with Crippen LogP contribution in [0.1, 0.15) is 45.9 Å². The highest BCUT2D eigenvalue weighted by atomic mass is 16.3. The van der Waals surface area contributed by atoms with Crippen molar-refractivity contribution in [1.82, 2.24) is 4.40 Å². The van der Waals surface area contributed by atoms with Gasteiger partial charge in [0, 0.05) is 18.3 Å². The predicted octanol–water partition coefficient (Wildman–Crippen LogP) is 4.45. The SMILES string of the molecule is NC(=O)C(=O)c1c(C2CC2)c(Cc2ccccc2-c2ccccc2)n2cccc(O)c12. The summed E-state index contributed by atoms with van der Waals surface area (Å²) in [6, 6.07) is 21.6. The van der Waals surface area contributed by atoms with Crippen LogP contribution < -0.4 is 5.73 Å². The van der Waals surface area contributed by atoms with Crippen LogP contribution in [-0.2, 0) is 11.2 Å². The molecule has 5 rings (SSSR count).